The molecule has 2 N–H and O–H groups in total. The zero-order valence-electron chi connectivity index (χ0n) is 12.6. The van der Waals surface area contributed by atoms with Gasteiger partial charge in [0.15, 0.2) is 0 Å². The SMILES string of the molecule is CNCCc1cc2cc(F)cc(-c3cc(O)ccc3C)c2o1. The van der Waals surface area contributed by atoms with Gasteiger partial charge in [0.1, 0.15) is 22.9 Å². The van der Waals surface area contributed by atoms with E-state index in [0.29, 0.717) is 11.1 Å². The maximum Gasteiger partial charge on any atom is 0.142 e. The second kappa shape index (κ2) is 5.81. The summed E-state index contributed by atoms with van der Waals surface area (Å²) in [5, 5.41) is 13.5. The minimum absolute atomic E-state index is 0.153. The van der Waals surface area contributed by atoms with E-state index in [9.17, 15) is 9.50 Å². The Kier molecular flexibility index (Phi) is 3.86. The van der Waals surface area contributed by atoms with E-state index >= 15 is 0 Å². The third kappa shape index (κ3) is 2.70. The van der Waals surface area contributed by atoms with Crippen LogP contribution in [-0.2, 0) is 6.42 Å². The van der Waals surface area contributed by atoms with E-state index in [0.717, 1.165) is 35.2 Å². The number of halogens is 1. The number of hydrogen-bond donors (Lipinski definition) is 2. The predicted octanol–water partition coefficient (Wildman–Crippen LogP) is 4.01. The molecular formula is C18H18FNO2. The first-order valence-corrected chi connectivity index (χ1v) is 7.25. The number of aromatic hydroxyl groups is 1. The predicted molar refractivity (Wildman–Crippen MR) is 85.6 cm³/mol. The fourth-order valence-electron chi connectivity index (χ4n) is 2.64. The third-order valence-corrected chi connectivity index (χ3v) is 3.76. The summed E-state index contributed by atoms with van der Waals surface area (Å²) in [5.74, 6) is 0.653. The van der Waals surface area contributed by atoms with Crippen LogP contribution in [0.15, 0.2) is 40.8 Å². The summed E-state index contributed by atoms with van der Waals surface area (Å²) < 4.78 is 19.9. The maximum atomic E-state index is 14.0. The number of nitrogens with one attached hydrogen (secondary N) is 1. The number of phenols is 1. The van der Waals surface area contributed by atoms with E-state index in [1.54, 1.807) is 12.1 Å². The van der Waals surface area contributed by atoms with Crippen molar-refractivity contribution in [2.45, 2.75) is 13.3 Å². The summed E-state index contributed by atoms with van der Waals surface area (Å²) in [7, 11) is 1.88. The molecule has 0 radical (unpaired) electrons. The van der Waals surface area contributed by atoms with Crippen LogP contribution in [0.4, 0.5) is 4.39 Å². The lowest BCUT2D eigenvalue weighted by atomic mass is 9.98. The lowest BCUT2D eigenvalue weighted by Crippen LogP contribution is -2.09. The van der Waals surface area contributed by atoms with Crippen LogP contribution in [0.25, 0.3) is 22.1 Å². The first kappa shape index (κ1) is 14.6. The molecule has 0 fully saturated rings. The average molecular weight is 299 g/mol. The second-order valence-corrected chi connectivity index (χ2v) is 5.44. The lowest BCUT2D eigenvalue weighted by molar-refractivity contribution is 0.475. The molecule has 0 spiro atoms. The molecule has 0 unspecified atom stereocenters. The number of furan rings is 1. The largest absolute Gasteiger partial charge is 0.508 e. The van der Waals surface area contributed by atoms with E-state index in [2.05, 4.69) is 5.32 Å². The van der Waals surface area contributed by atoms with Gasteiger partial charge in [0.25, 0.3) is 0 Å². The van der Waals surface area contributed by atoms with Crippen molar-refractivity contribution < 1.29 is 13.9 Å². The van der Waals surface area contributed by atoms with Crippen molar-refractivity contribution in [3.8, 4) is 16.9 Å². The topological polar surface area (TPSA) is 45.4 Å². The molecule has 0 saturated carbocycles. The van der Waals surface area contributed by atoms with Crippen LogP contribution in [0.1, 0.15) is 11.3 Å². The highest BCUT2D eigenvalue weighted by Gasteiger charge is 2.14. The Bertz CT molecular complexity index is 823. The highest BCUT2D eigenvalue weighted by molar-refractivity contribution is 5.94. The molecule has 0 amide bonds. The number of rotatable bonds is 4. The van der Waals surface area contributed by atoms with Gasteiger partial charge in [0.2, 0.25) is 0 Å². The van der Waals surface area contributed by atoms with Crippen LogP contribution in [-0.4, -0.2) is 18.7 Å². The quantitative estimate of drug-likeness (QED) is 0.765. The Labute approximate surface area is 128 Å². The highest BCUT2D eigenvalue weighted by atomic mass is 19.1. The van der Waals surface area contributed by atoms with Crippen LogP contribution < -0.4 is 5.32 Å². The second-order valence-electron chi connectivity index (χ2n) is 5.44. The Morgan fingerprint density at radius 2 is 1.95 bits per heavy atom. The number of aryl methyl sites for hydroxylation is 1. The van der Waals surface area contributed by atoms with Crippen molar-refractivity contribution in [2.75, 3.05) is 13.6 Å². The van der Waals surface area contributed by atoms with Crippen molar-refractivity contribution >= 4 is 11.0 Å². The first-order chi connectivity index (χ1) is 10.6. The standard InChI is InChI=1S/C18H18FNO2/c1-11-3-4-14(21)10-16(11)17-9-13(19)7-12-8-15(5-6-20-2)22-18(12)17/h3-4,7-10,20-21H,5-6H2,1-2H3. The van der Waals surface area contributed by atoms with Crippen LogP contribution >= 0.6 is 0 Å². The molecule has 0 saturated heterocycles. The molecular weight excluding hydrogens is 281 g/mol. The Morgan fingerprint density at radius 3 is 2.73 bits per heavy atom. The summed E-state index contributed by atoms with van der Waals surface area (Å²) in [4.78, 5) is 0. The van der Waals surface area contributed by atoms with E-state index in [1.807, 2.05) is 26.1 Å². The van der Waals surface area contributed by atoms with E-state index in [4.69, 9.17) is 4.42 Å². The molecule has 2 aromatic carbocycles. The molecule has 3 nitrogen and oxygen atoms in total. The summed E-state index contributed by atoms with van der Waals surface area (Å²) in [6, 6.07) is 9.87. The molecule has 0 bridgehead atoms. The van der Waals surface area contributed by atoms with Gasteiger partial charge in [-0.3, -0.25) is 0 Å². The minimum Gasteiger partial charge on any atom is -0.508 e. The minimum atomic E-state index is -0.314. The number of benzene rings is 2. The van der Waals surface area contributed by atoms with Gasteiger partial charge in [0.05, 0.1) is 0 Å². The van der Waals surface area contributed by atoms with Crippen LogP contribution in [0.3, 0.4) is 0 Å². The molecule has 1 aromatic heterocycles. The Morgan fingerprint density at radius 1 is 1.14 bits per heavy atom. The molecule has 4 heteroatoms. The zero-order chi connectivity index (χ0) is 15.7. The van der Waals surface area contributed by atoms with Crippen molar-refractivity contribution in [3.05, 3.63) is 53.5 Å². The molecule has 0 aliphatic carbocycles. The molecule has 114 valence electrons. The van der Waals surface area contributed by atoms with Gasteiger partial charge in [-0.15, -0.1) is 0 Å². The fraction of sp³-hybridized carbons (Fsp3) is 0.222. The number of hydrogen-bond acceptors (Lipinski definition) is 3. The summed E-state index contributed by atoms with van der Waals surface area (Å²) in [6.45, 7) is 2.72. The van der Waals surface area contributed by atoms with Crippen LogP contribution in [0.2, 0.25) is 0 Å². The summed E-state index contributed by atoms with van der Waals surface area (Å²) >= 11 is 0. The molecule has 0 aliphatic heterocycles. The van der Waals surface area contributed by atoms with Gasteiger partial charge in [-0.2, -0.15) is 0 Å². The highest BCUT2D eigenvalue weighted by Crippen LogP contribution is 2.35. The number of likely N-dealkylation sites (N-methyl/N-ethyl adjacent to an activating group) is 1. The first-order valence-electron chi connectivity index (χ1n) is 7.25. The fourth-order valence-corrected chi connectivity index (χ4v) is 2.64. The van der Waals surface area contributed by atoms with E-state index in [1.165, 1.54) is 12.1 Å². The molecule has 3 rings (SSSR count). The van der Waals surface area contributed by atoms with Crippen molar-refractivity contribution in [2.24, 2.45) is 0 Å². The smallest absolute Gasteiger partial charge is 0.142 e. The van der Waals surface area contributed by atoms with E-state index < -0.39 is 0 Å². The summed E-state index contributed by atoms with van der Waals surface area (Å²) in [6.07, 6.45) is 0.741. The maximum absolute atomic E-state index is 14.0. The van der Waals surface area contributed by atoms with Gasteiger partial charge < -0.3 is 14.8 Å². The average Bonchev–Trinajstić information content (AvgIpc) is 2.89. The molecule has 0 atom stereocenters. The zero-order valence-corrected chi connectivity index (χ0v) is 12.6. The van der Waals surface area contributed by atoms with E-state index in [-0.39, 0.29) is 11.6 Å². The molecule has 0 aliphatic rings. The van der Waals surface area contributed by atoms with Gasteiger partial charge in [0, 0.05) is 23.9 Å². The van der Waals surface area contributed by atoms with Gasteiger partial charge in [-0.05, 0) is 55.4 Å². The lowest BCUT2D eigenvalue weighted by Gasteiger charge is -2.08. The van der Waals surface area contributed by atoms with Crippen LogP contribution in [0.5, 0.6) is 5.75 Å². The van der Waals surface area contributed by atoms with Crippen LogP contribution in [0, 0.1) is 12.7 Å². The molecule has 1 heterocycles. The normalized spacial score (nSPS) is 11.2. The Hall–Kier alpha value is -2.33. The van der Waals surface area contributed by atoms with Gasteiger partial charge >= 0.3 is 0 Å². The van der Waals surface area contributed by atoms with Gasteiger partial charge in [-0.25, -0.2) is 4.39 Å². The number of phenolic OH excluding ortho intramolecular Hbond substituents is 1. The Balaban J connectivity index is 2.19. The summed E-state index contributed by atoms with van der Waals surface area (Å²) in [5.41, 5.74) is 3.05. The molecule has 22 heavy (non-hydrogen) atoms. The van der Waals surface area contributed by atoms with Crippen molar-refractivity contribution in [1.29, 1.82) is 0 Å². The van der Waals surface area contributed by atoms with Gasteiger partial charge in [-0.1, -0.05) is 6.07 Å². The molecule has 3 aromatic rings. The van der Waals surface area contributed by atoms with Crippen molar-refractivity contribution in [1.82, 2.24) is 5.32 Å². The van der Waals surface area contributed by atoms with Crippen molar-refractivity contribution in [3.63, 3.8) is 0 Å². The third-order valence-electron chi connectivity index (χ3n) is 3.76. The number of fused-ring (bicyclic) bond motifs is 1. The monoisotopic (exact) mass is 299 g/mol.